The third-order valence-electron chi connectivity index (χ3n) is 3.04. The first-order chi connectivity index (χ1) is 10.1. The lowest BCUT2D eigenvalue weighted by Gasteiger charge is -2.05. The number of carboxylic acids is 1. The highest BCUT2D eigenvalue weighted by Gasteiger charge is 2.20. The van der Waals surface area contributed by atoms with Gasteiger partial charge in [-0.1, -0.05) is 22.0 Å². The fourth-order valence-electron chi connectivity index (χ4n) is 2.03. The molecule has 0 aliphatic heterocycles. The molecular formula is C15H11BrN2O3. The summed E-state index contributed by atoms with van der Waals surface area (Å²) in [4.78, 5) is 15.7. The zero-order valence-electron chi connectivity index (χ0n) is 11.1. The smallest absolute Gasteiger partial charge is 0.358 e. The summed E-state index contributed by atoms with van der Waals surface area (Å²) in [5.41, 5.74) is 1.53. The zero-order valence-corrected chi connectivity index (χ0v) is 12.7. The second-order valence-corrected chi connectivity index (χ2v) is 5.37. The third kappa shape index (κ3) is 2.50. The number of ether oxygens (including phenoxy) is 1. The Morgan fingerprint density at radius 1 is 1.33 bits per heavy atom. The van der Waals surface area contributed by atoms with Gasteiger partial charge < -0.3 is 9.84 Å². The number of hydrogen-bond donors (Lipinski definition) is 1. The number of pyridine rings is 1. The molecule has 3 rings (SSSR count). The van der Waals surface area contributed by atoms with Crippen molar-refractivity contribution >= 4 is 27.5 Å². The number of halogens is 1. The Labute approximate surface area is 128 Å². The topological polar surface area (TPSA) is 63.8 Å². The summed E-state index contributed by atoms with van der Waals surface area (Å²) in [6, 6.07) is 10.7. The minimum absolute atomic E-state index is 0.00571. The largest absolute Gasteiger partial charge is 0.476 e. The van der Waals surface area contributed by atoms with Crippen molar-refractivity contribution < 1.29 is 14.6 Å². The molecule has 0 saturated carbocycles. The van der Waals surface area contributed by atoms with E-state index in [0.29, 0.717) is 11.4 Å². The number of benzene rings is 1. The first kappa shape index (κ1) is 13.6. The zero-order chi connectivity index (χ0) is 15.0. The summed E-state index contributed by atoms with van der Waals surface area (Å²) in [5, 5.41) is 9.38. The number of aryl methyl sites for hydroxylation is 1. The molecule has 0 spiro atoms. The highest BCUT2D eigenvalue weighted by atomic mass is 79.9. The van der Waals surface area contributed by atoms with Crippen LogP contribution in [0.25, 0.3) is 5.65 Å². The quantitative estimate of drug-likeness (QED) is 0.781. The number of carboxylic acid groups (broad SMARTS) is 1. The monoisotopic (exact) mass is 346 g/mol. The van der Waals surface area contributed by atoms with Crippen molar-refractivity contribution in [1.82, 2.24) is 9.38 Å². The first-order valence-electron chi connectivity index (χ1n) is 6.20. The number of fused-ring (bicyclic) bond motifs is 1. The van der Waals surface area contributed by atoms with Gasteiger partial charge in [-0.2, -0.15) is 4.98 Å². The van der Waals surface area contributed by atoms with Crippen LogP contribution in [-0.2, 0) is 0 Å². The molecule has 0 aliphatic rings. The minimum Gasteiger partial charge on any atom is -0.476 e. The average Bonchev–Trinajstić information content (AvgIpc) is 2.80. The Balaban J connectivity index is 2.09. The highest BCUT2D eigenvalue weighted by Crippen LogP contribution is 2.28. The number of rotatable bonds is 3. The lowest BCUT2D eigenvalue weighted by atomic mass is 10.2. The van der Waals surface area contributed by atoms with Crippen LogP contribution in [0, 0.1) is 6.92 Å². The number of aromatic nitrogens is 2. The van der Waals surface area contributed by atoms with Crippen LogP contribution in [0.5, 0.6) is 11.6 Å². The predicted molar refractivity (Wildman–Crippen MR) is 81.1 cm³/mol. The molecule has 1 aromatic carbocycles. The Kier molecular flexibility index (Phi) is 3.39. The molecule has 21 heavy (non-hydrogen) atoms. The lowest BCUT2D eigenvalue weighted by molar-refractivity contribution is 0.0686. The van der Waals surface area contributed by atoms with E-state index in [1.165, 1.54) is 4.40 Å². The Bertz CT molecular complexity index is 842. The molecule has 0 fully saturated rings. The van der Waals surface area contributed by atoms with Crippen LogP contribution in [0.4, 0.5) is 0 Å². The van der Waals surface area contributed by atoms with E-state index in [1.54, 1.807) is 30.5 Å². The van der Waals surface area contributed by atoms with Crippen LogP contribution in [0.1, 0.15) is 16.1 Å². The second kappa shape index (κ2) is 5.21. The van der Waals surface area contributed by atoms with Crippen molar-refractivity contribution in [2.24, 2.45) is 0 Å². The van der Waals surface area contributed by atoms with Crippen LogP contribution in [-0.4, -0.2) is 20.5 Å². The summed E-state index contributed by atoms with van der Waals surface area (Å²) >= 11 is 3.41. The van der Waals surface area contributed by atoms with Crippen molar-refractivity contribution in [3.8, 4) is 11.6 Å². The minimum atomic E-state index is -1.09. The summed E-state index contributed by atoms with van der Waals surface area (Å²) in [6.07, 6.45) is 1.64. The standard InChI is InChI=1S/C15H11BrN2O3/c1-9-8-10(5-6-11(9)16)21-14-13(15(19)20)18-7-3-2-4-12(18)17-14/h2-8H,1H3,(H,19,20). The fourth-order valence-corrected chi connectivity index (χ4v) is 2.28. The maximum atomic E-state index is 11.5. The molecule has 0 saturated heterocycles. The van der Waals surface area contributed by atoms with Gasteiger partial charge in [-0.15, -0.1) is 0 Å². The summed E-state index contributed by atoms with van der Waals surface area (Å²) in [6.45, 7) is 1.93. The SMILES string of the molecule is Cc1cc(Oc2nc3ccccn3c2C(=O)O)ccc1Br. The molecule has 6 heteroatoms. The number of imidazole rings is 1. The van der Waals surface area contributed by atoms with E-state index in [9.17, 15) is 9.90 Å². The molecule has 0 amide bonds. The van der Waals surface area contributed by atoms with E-state index < -0.39 is 5.97 Å². The van der Waals surface area contributed by atoms with Gasteiger partial charge in [0.05, 0.1) is 0 Å². The van der Waals surface area contributed by atoms with E-state index in [2.05, 4.69) is 20.9 Å². The Morgan fingerprint density at radius 3 is 2.86 bits per heavy atom. The Hall–Kier alpha value is -2.34. The van der Waals surface area contributed by atoms with Gasteiger partial charge in [0.1, 0.15) is 11.4 Å². The summed E-state index contributed by atoms with van der Waals surface area (Å²) in [5.74, 6) is -0.463. The molecule has 2 aromatic heterocycles. The van der Waals surface area contributed by atoms with E-state index in [1.807, 2.05) is 19.1 Å². The molecule has 0 aliphatic carbocycles. The average molecular weight is 347 g/mol. The van der Waals surface area contributed by atoms with E-state index in [0.717, 1.165) is 10.0 Å². The second-order valence-electron chi connectivity index (χ2n) is 4.51. The molecular weight excluding hydrogens is 336 g/mol. The summed E-state index contributed by atoms with van der Waals surface area (Å²) in [7, 11) is 0. The molecule has 1 N–H and O–H groups in total. The number of hydrogen-bond acceptors (Lipinski definition) is 3. The molecule has 0 unspecified atom stereocenters. The van der Waals surface area contributed by atoms with Gasteiger partial charge in [-0.3, -0.25) is 4.40 Å². The predicted octanol–water partition coefficient (Wildman–Crippen LogP) is 3.90. The van der Waals surface area contributed by atoms with Crippen LogP contribution in [0.15, 0.2) is 47.1 Å². The Morgan fingerprint density at radius 2 is 2.14 bits per heavy atom. The first-order valence-corrected chi connectivity index (χ1v) is 7.00. The van der Waals surface area contributed by atoms with Crippen molar-refractivity contribution in [1.29, 1.82) is 0 Å². The van der Waals surface area contributed by atoms with Crippen LogP contribution in [0.2, 0.25) is 0 Å². The van der Waals surface area contributed by atoms with Crippen molar-refractivity contribution in [2.75, 3.05) is 0 Å². The fraction of sp³-hybridized carbons (Fsp3) is 0.0667. The van der Waals surface area contributed by atoms with Crippen LogP contribution < -0.4 is 4.74 Å². The maximum absolute atomic E-state index is 11.5. The van der Waals surface area contributed by atoms with Gasteiger partial charge in [0, 0.05) is 10.7 Å². The van der Waals surface area contributed by atoms with Crippen LogP contribution >= 0.6 is 15.9 Å². The van der Waals surface area contributed by atoms with Gasteiger partial charge >= 0.3 is 5.97 Å². The van der Waals surface area contributed by atoms with E-state index >= 15 is 0 Å². The normalized spacial score (nSPS) is 10.8. The maximum Gasteiger partial charge on any atom is 0.358 e. The summed E-state index contributed by atoms with van der Waals surface area (Å²) < 4.78 is 8.11. The van der Waals surface area contributed by atoms with Gasteiger partial charge in [-0.25, -0.2) is 4.79 Å². The number of nitrogens with zero attached hydrogens (tertiary/aromatic N) is 2. The van der Waals surface area contributed by atoms with Gasteiger partial charge in [0.25, 0.3) is 5.88 Å². The number of aromatic carboxylic acids is 1. The van der Waals surface area contributed by atoms with Gasteiger partial charge in [0.2, 0.25) is 0 Å². The van der Waals surface area contributed by atoms with Crippen molar-refractivity contribution in [3.63, 3.8) is 0 Å². The number of carbonyl (C=O) groups is 1. The molecule has 0 atom stereocenters. The molecule has 0 bridgehead atoms. The molecule has 106 valence electrons. The highest BCUT2D eigenvalue weighted by molar-refractivity contribution is 9.10. The lowest BCUT2D eigenvalue weighted by Crippen LogP contribution is -2.03. The molecule has 3 aromatic rings. The van der Waals surface area contributed by atoms with E-state index in [4.69, 9.17) is 4.74 Å². The third-order valence-corrected chi connectivity index (χ3v) is 3.93. The van der Waals surface area contributed by atoms with Crippen molar-refractivity contribution in [3.05, 3.63) is 58.3 Å². The van der Waals surface area contributed by atoms with Gasteiger partial charge in [0.15, 0.2) is 5.69 Å². The van der Waals surface area contributed by atoms with E-state index in [-0.39, 0.29) is 11.6 Å². The molecule has 2 heterocycles. The molecule has 0 radical (unpaired) electrons. The van der Waals surface area contributed by atoms with Gasteiger partial charge in [-0.05, 0) is 42.8 Å². The van der Waals surface area contributed by atoms with Crippen molar-refractivity contribution in [2.45, 2.75) is 6.92 Å². The molecule has 5 nitrogen and oxygen atoms in total. The van der Waals surface area contributed by atoms with Crippen LogP contribution in [0.3, 0.4) is 0 Å².